The van der Waals surface area contributed by atoms with Crippen LogP contribution in [0.25, 0.3) is 0 Å². The number of aryl methyl sites for hydroxylation is 1. The fourth-order valence-corrected chi connectivity index (χ4v) is 4.92. The molecule has 3 rings (SSSR count). The summed E-state index contributed by atoms with van der Waals surface area (Å²) in [6.45, 7) is 7.68. The highest BCUT2D eigenvalue weighted by molar-refractivity contribution is 5.65. The molecule has 0 amide bonds. The fourth-order valence-electron chi connectivity index (χ4n) is 4.92. The first-order valence-corrected chi connectivity index (χ1v) is 11.1. The van der Waals surface area contributed by atoms with E-state index in [1.54, 1.807) is 0 Å². The lowest BCUT2D eigenvalue weighted by atomic mass is 9.70. The van der Waals surface area contributed by atoms with E-state index in [0.29, 0.717) is 18.1 Å². The molecule has 1 saturated carbocycles. The summed E-state index contributed by atoms with van der Waals surface area (Å²) in [5.74, 6) is 0.841. The van der Waals surface area contributed by atoms with Crippen LogP contribution in [-0.2, 0) is 9.53 Å². The molecule has 2 heterocycles. The van der Waals surface area contributed by atoms with E-state index in [-0.39, 0.29) is 5.97 Å². The topological polar surface area (TPSA) is 54.5 Å². The summed E-state index contributed by atoms with van der Waals surface area (Å²) in [5, 5.41) is 3.61. The van der Waals surface area contributed by atoms with Crippen LogP contribution in [0.5, 0.6) is 0 Å². The van der Waals surface area contributed by atoms with E-state index in [0.717, 1.165) is 25.3 Å². The minimum atomic E-state index is -0.157. The first-order chi connectivity index (χ1) is 13.5. The summed E-state index contributed by atoms with van der Waals surface area (Å²) in [4.78, 5) is 18.2. The van der Waals surface area contributed by atoms with Gasteiger partial charge in [-0.1, -0.05) is 25.3 Å². The molecule has 0 aromatic carbocycles. The third kappa shape index (κ3) is 6.47. The van der Waals surface area contributed by atoms with Crippen molar-refractivity contribution in [3.8, 4) is 0 Å². The Balaban J connectivity index is 1.46. The summed E-state index contributed by atoms with van der Waals surface area (Å²) in [7, 11) is 0. The van der Waals surface area contributed by atoms with Crippen LogP contribution >= 0.6 is 0 Å². The van der Waals surface area contributed by atoms with Gasteiger partial charge in [-0.15, -0.1) is 0 Å². The standard InChI is InChI=1S/C23H37N3O2/c1-19-7-8-22(24-17-19)25-21-9-14-26(15-10-21)18-23(11-4-3-5-12-23)13-6-16-28-20(2)27/h7-8,17,21H,3-6,9-16,18H2,1-2H3,(H,24,25). The van der Waals surface area contributed by atoms with Crippen LogP contribution in [0, 0.1) is 12.3 Å². The van der Waals surface area contributed by atoms with Crippen LogP contribution in [0.1, 0.15) is 70.3 Å². The third-order valence-corrected chi connectivity index (χ3v) is 6.48. The Kier molecular flexibility index (Phi) is 7.72. The van der Waals surface area contributed by atoms with Crippen molar-refractivity contribution >= 4 is 11.8 Å². The van der Waals surface area contributed by atoms with Gasteiger partial charge in [-0.2, -0.15) is 0 Å². The quantitative estimate of drug-likeness (QED) is 0.523. The Morgan fingerprint density at radius 1 is 1.25 bits per heavy atom. The second kappa shape index (κ2) is 10.2. The van der Waals surface area contributed by atoms with Crippen molar-refractivity contribution in [3.05, 3.63) is 23.9 Å². The van der Waals surface area contributed by atoms with Crippen molar-refractivity contribution in [1.82, 2.24) is 9.88 Å². The number of aromatic nitrogens is 1. The van der Waals surface area contributed by atoms with Crippen molar-refractivity contribution in [2.75, 3.05) is 31.6 Å². The predicted octanol–water partition coefficient (Wildman–Crippen LogP) is 4.56. The van der Waals surface area contributed by atoms with Crippen LogP contribution < -0.4 is 5.32 Å². The lowest BCUT2D eigenvalue weighted by molar-refractivity contribution is -0.141. The van der Waals surface area contributed by atoms with Gasteiger partial charge in [0.25, 0.3) is 0 Å². The highest BCUT2D eigenvalue weighted by atomic mass is 16.5. The van der Waals surface area contributed by atoms with E-state index in [4.69, 9.17) is 4.74 Å². The van der Waals surface area contributed by atoms with Gasteiger partial charge in [0, 0.05) is 38.8 Å². The van der Waals surface area contributed by atoms with E-state index >= 15 is 0 Å². The van der Waals surface area contributed by atoms with Gasteiger partial charge in [-0.05, 0) is 62.5 Å². The third-order valence-electron chi connectivity index (χ3n) is 6.48. The number of rotatable bonds is 8. The predicted molar refractivity (Wildman–Crippen MR) is 113 cm³/mol. The van der Waals surface area contributed by atoms with Crippen LogP contribution in [0.3, 0.4) is 0 Å². The number of nitrogens with zero attached hydrogens (tertiary/aromatic N) is 2. The minimum absolute atomic E-state index is 0.157. The lowest BCUT2D eigenvalue weighted by Gasteiger charge is -2.43. The van der Waals surface area contributed by atoms with Crippen LogP contribution in [-0.4, -0.2) is 48.1 Å². The van der Waals surface area contributed by atoms with E-state index in [2.05, 4.69) is 34.3 Å². The van der Waals surface area contributed by atoms with Gasteiger partial charge in [0.2, 0.25) is 0 Å². The smallest absolute Gasteiger partial charge is 0.302 e. The Morgan fingerprint density at radius 2 is 2.00 bits per heavy atom. The normalized spacial score (nSPS) is 20.6. The first-order valence-electron chi connectivity index (χ1n) is 11.1. The summed E-state index contributed by atoms with van der Waals surface area (Å²) < 4.78 is 5.18. The summed E-state index contributed by atoms with van der Waals surface area (Å²) in [6.07, 6.45) is 13.2. The highest BCUT2D eigenvalue weighted by Gasteiger charge is 2.34. The molecule has 5 heteroatoms. The van der Waals surface area contributed by atoms with E-state index < -0.39 is 0 Å². The maximum atomic E-state index is 11.0. The number of likely N-dealkylation sites (tertiary alicyclic amines) is 1. The zero-order valence-electron chi connectivity index (χ0n) is 17.7. The number of hydrogen-bond donors (Lipinski definition) is 1. The number of hydrogen-bond acceptors (Lipinski definition) is 5. The summed E-state index contributed by atoms with van der Waals surface area (Å²) >= 11 is 0. The largest absolute Gasteiger partial charge is 0.466 e. The molecule has 0 unspecified atom stereocenters. The zero-order chi connectivity index (χ0) is 19.8. The average Bonchev–Trinajstić information content (AvgIpc) is 2.69. The van der Waals surface area contributed by atoms with Crippen molar-refractivity contribution < 1.29 is 9.53 Å². The van der Waals surface area contributed by atoms with Gasteiger partial charge < -0.3 is 15.0 Å². The molecule has 0 spiro atoms. The second-order valence-electron chi connectivity index (χ2n) is 8.92. The first kappa shape index (κ1) is 21.1. The maximum Gasteiger partial charge on any atom is 0.302 e. The van der Waals surface area contributed by atoms with Crippen molar-refractivity contribution in [1.29, 1.82) is 0 Å². The molecule has 1 aliphatic carbocycles. The lowest BCUT2D eigenvalue weighted by Crippen LogP contribution is -2.45. The number of nitrogens with one attached hydrogen (secondary N) is 1. The minimum Gasteiger partial charge on any atom is -0.466 e. The number of ether oxygens (including phenoxy) is 1. The van der Waals surface area contributed by atoms with Crippen LogP contribution in [0.2, 0.25) is 0 Å². The van der Waals surface area contributed by atoms with Crippen molar-refractivity contribution in [3.63, 3.8) is 0 Å². The molecule has 28 heavy (non-hydrogen) atoms. The monoisotopic (exact) mass is 387 g/mol. The number of esters is 1. The molecule has 1 aliphatic heterocycles. The molecule has 2 fully saturated rings. The highest BCUT2D eigenvalue weighted by Crippen LogP contribution is 2.41. The second-order valence-corrected chi connectivity index (χ2v) is 8.92. The molecule has 0 bridgehead atoms. The maximum absolute atomic E-state index is 11.0. The average molecular weight is 388 g/mol. The molecule has 5 nitrogen and oxygen atoms in total. The Hall–Kier alpha value is -1.62. The number of carbonyl (C=O) groups excluding carboxylic acids is 1. The van der Waals surface area contributed by atoms with Crippen molar-refractivity contribution in [2.45, 2.75) is 77.7 Å². The molecule has 0 atom stereocenters. The van der Waals surface area contributed by atoms with Crippen LogP contribution in [0.4, 0.5) is 5.82 Å². The Bertz CT molecular complexity index is 603. The number of anilines is 1. The molecule has 1 saturated heterocycles. The molecular weight excluding hydrogens is 350 g/mol. The molecule has 156 valence electrons. The molecule has 2 aliphatic rings. The summed E-state index contributed by atoms with van der Waals surface area (Å²) in [5.41, 5.74) is 1.63. The molecule has 1 aromatic heterocycles. The molecule has 1 aromatic rings. The zero-order valence-corrected chi connectivity index (χ0v) is 17.7. The number of pyridine rings is 1. The fraction of sp³-hybridized carbons (Fsp3) is 0.739. The van der Waals surface area contributed by atoms with Gasteiger partial charge in [-0.25, -0.2) is 4.98 Å². The Labute approximate surface area is 170 Å². The molecular formula is C23H37N3O2. The SMILES string of the molecule is CC(=O)OCCCC1(CN2CCC(Nc3ccc(C)cn3)CC2)CCCCC1. The van der Waals surface area contributed by atoms with Crippen LogP contribution in [0.15, 0.2) is 18.3 Å². The number of piperidine rings is 1. The van der Waals surface area contributed by atoms with E-state index in [9.17, 15) is 4.79 Å². The molecule has 0 radical (unpaired) electrons. The molecule has 1 N–H and O–H groups in total. The summed E-state index contributed by atoms with van der Waals surface area (Å²) in [6, 6.07) is 4.73. The van der Waals surface area contributed by atoms with Gasteiger partial charge in [0.15, 0.2) is 0 Å². The van der Waals surface area contributed by atoms with E-state index in [1.807, 2.05) is 6.20 Å². The van der Waals surface area contributed by atoms with E-state index in [1.165, 1.54) is 70.4 Å². The van der Waals surface area contributed by atoms with Gasteiger partial charge in [0.05, 0.1) is 6.61 Å². The van der Waals surface area contributed by atoms with Gasteiger partial charge in [-0.3, -0.25) is 4.79 Å². The van der Waals surface area contributed by atoms with Gasteiger partial charge >= 0.3 is 5.97 Å². The van der Waals surface area contributed by atoms with Gasteiger partial charge in [0.1, 0.15) is 5.82 Å². The Morgan fingerprint density at radius 3 is 2.64 bits per heavy atom. The van der Waals surface area contributed by atoms with Crippen molar-refractivity contribution in [2.24, 2.45) is 5.41 Å². The number of carbonyl (C=O) groups is 1.